The van der Waals surface area contributed by atoms with E-state index in [9.17, 15) is 8.42 Å². The molecule has 1 aromatic heterocycles. The fraction of sp³-hybridized carbons (Fsp3) is 0.333. The first kappa shape index (κ1) is 12.0. The van der Waals surface area contributed by atoms with Crippen LogP contribution in [-0.2, 0) is 10.1 Å². The van der Waals surface area contributed by atoms with Crippen molar-refractivity contribution in [3.63, 3.8) is 0 Å². The van der Waals surface area contributed by atoms with E-state index in [1.54, 1.807) is 6.20 Å². The Morgan fingerprint density at radius 3 is 2.82 bits per heavy atom. The van der Waals surface area contributed by atoms with E-state index in [1.807, 2.05) is 31.2 Å². The summed E-state index contributed by atoms with van der Waals surface area (Å²) < 4.78 is 28.4. The molecule has 0 aliphatic carbocycles. The predicted molar refractivity (Wildman–Crippen MR) is 67.6 cm³/mol. The predicted octanol–water partition coefficient (Wildman–Crippen LogP) is 2.68. The average molecular weight is 253 g/mol. The van der Waals surface area contributed by atoms with Crippen molar-refractivity contribution in [3.05, 3.63) is 30.5 Å². The van der Waals surface area contributed by atoms with E-state index in [4.69, 9.17) is 4.18 Å². The molecule has 17 heavy (non-hydrogen) atoms. The van der Waals surface area contributed by atoms with Crippen LogP contribution in [0.1, 0.15) is 19.8 Å². The summed E-state index contributed by atoms with van der Waals surface area (Å²) in [5, 5.41) is 0.785. The summed E-state index contributed by atoms with van der Waals surface area (Å²) in [7, 11) is -3.48. The number of hydrogen-bond donors (Lipinski definition) is 1. The number of para-hydroxylation sites is 1. The normalized spacial score (nSPS) is 11.8. The van der Waals surface area contributed by atoms with Crippen LogP contribution in [0.25, 0.3) is 10.9 Å². The molecule has 2 rings (SSSR count). The summed E-state index contributed by atoms with van der Waals surface area (Å²) in [5.74, 6) is 0.430. The lowest BCUT2D eigenvalue weighted by Gasteiger charge is -2.04. The molecule has 0 saturated heterocycles. The summed E-state index contributed by atoms with van der Waals surface area (Å²) in [6.45, 7) is 1.95. The Morgan fingerprint density at radius 1 is 1.29 bits per heavy atom. The second kappa shape index (κ2) is 4.79. The molecular weight excluding hydrogens is 238 g/mol. The number of benzene rings is 1. The Hall–Kier alpha value is -1.49. The van der Waals surface area contributed by atoms with Crippen LogP contribution in [0.4, 0.5) is 0 Å². The van der Waals surface area contributed by atoms with Gasteiger partial charge < -0.3 is 9.17 Å². The SMILES string of the molecule is CCCCS(=O)(=O)Oc1c[nH]c2ccccc12. The molecule has 0 saturated carbocycles. The van der Waals surface area contributed by atoms with Gasteiger partial charge in [-0.1, -0.05) is 25.5 Å². The molecule has 0 bridgehead atoms. The van der Waals surface area contributed by atoms with Crippen molar-refractivity contribution >= 4 is 21.0 Å². The van der Waals surface area contributed by atoms with Crippen molar-refractivity contribution in [2.24, 2.45) is 0 Å². The van der Waals surface area contributed by atoms with E-state index in [-0.39, 0.29) is 5.75 Å². The second-order valence-electron chi connectivity index (χ2n) is 3.90. The third-order valence-electron chi connectivity index (χ3n) is 2.52. The van der Waals surface area contributed by atoms with Crippen molar-refractivity contribution in [3.8, 4) is 5.75 Å². The molecular formula is C12H15NO3S. The topological polar surface area (TPSA) is 59.2 Å². The maximum Gasteiger partial charge on any atom is 0.309 e. The standard InChI is InChI=1S/C12H15NO3S/c1-2-3-8-17(14,15)16-12-9-13-11-7-5-4-6-10(11)12/h4-7,9,13H,2-3,8H2,1H3. The van der Waals surface area contributed by atoms with E-state index in [2.05, 4.69) is 4.98 Å². The maximum atomic E-state index is 11.7. The van der Waals surface area contributed by atoms with E-state index >= 15 is 0 Å². The highest BCUT2D eigenvalue weighted by Gasteiger charge is 2.14. The Kier molecular flexibility index (Phi) is 3.38. The lowest BCUT2D eigenvalue weighted by molar-refractivity contribution is 0.486. The van der Waals surface area contributed by atoms with Gasteiger partial charge in [-0.3, -0.25) is 0 Å². The van der Waals surface area contributed by atoms with Gasteiger partial charge >= 0.3 is 10.1 Å². The first-order valence-corrected chi connectivity index (χ1v) is 7.18. The molecule has 92 valence electrons. The van der Waals surface area contributed by atoms with E-state index in [1.165, 1.54) is 0 Å². The van der Waals surface area contributed by atoms with Crippen LogP contribution >= 0.6 is 0 Å². The first-order chi connectivity index (χ1) is 8.12. The number of nitrogens with one attached hydrogen (secondary N) is 1. The van der Waals surface area contributed by atoms with Gasteiger partial charge in [-0.25, -0.2) is 0 Å². The molecule has 0 fully saturated rings. The second-order valence-corrected chi connectivity index (χ2v) is 5.59. The minimum absolute atomic E-state index is 0.0585. The zero-order valence-corrected chi connectivity index (χ0v) is 10.5. The highest BCUT2D eigenvalue weighted by atomic mass is 32.2. The summed E-state index contributed by atoms with van der Waals surface area (Å²) in [5.41, 5.74) is 0.869. The molecule has 1 aromatic carbocycles. The van der Waals surface area contributed by atoms with Gasteiger partial charge in [-0.05, 0) is 18.6 Å². The fourth-order valence-electron chi connectivity index (χ4n) is 1.61. The van der Waals surface area contributed by atoms with Crippen molar-refractivity contribution in [1.82, 2.24) is 4.98 Å². The summed E-state index contributed by atoms with van der Waals surface area (Å²) in [4.78, 5) is 2.98. The van der Waals surface area contributed by atoms with Crippen molar-refractivity contribution < 1.29 is 12.6 Å². The smallest absolute Gasteiger partial charge is 0.309 e. The van der Waals surface area contributed by atoms with Gasteiger partial charge in [0.1, 0.15) is 0 Å². The molecule has 0 unspecified atom stereocenters. The van der Waals surface area contributed by atoms with Crippen LogP contribution in [0.15, 0.2) is 30.5 Å². The number of unbranched alkanes of at least 4 members (excludes halogenated alkanes) is 1. The first-order valence-electron chi connectivity index (χ1n) is 5.60. The highest BCUT2D eigenvalue weighted by Crippen LogP contribution is 2.26. The number of rotatable bonds is 5. The number of fused-ring (bicyclic) bond motifs is 1. The molecule has 0 amide bonds. The largest absolute Gasteiger partial charge is 0.380 e. The van der Waals surface area contributed by atoms with Crippen LogP contribution in [-0.4, -0.2) is 19.2 Å². The van der Waals surface area contributed by atoms with Gasteiger partial charge in [-0.2, -0.15) is 8.42 Å². The minimum atomic E-state index is -3.48. The Morgan fingerprint density at radius 2 is 2.06 bits per heavy atom. The molecule has 5 heteroatoms. The Labute approximate surface area is 101 Å². The van der Waals surface area contributed by atoms with Gasteiger partial charge in [0.05, 0.1) is 5.75 Å². The van der Waals surface area contributed by atoms with Crippen LogP contribution in [0.3, 0.4) is 0 Å². The maximum absolute atomic E-state index is 11.7. The molecule has 0 aliphatic heterocycles. The van der Waals surface area contributed by atoms with Crippen LogP contribution < -0.4 is 4.18 Å². The lowest BCUT2D eigenvalue weighted by Crippen LogP contribution is -2.13. The van der Waals surface area contributed by atoms with E-state index in [0.29, 0.717) is 12.2 Å². The fourth-order valence-corrected chi connectivity index (χ4v) is 2.75. The van der Waals surface area contributed by atoms with Gasteiger partial charge in [0, 0.05) is 17.1 Å². The third-order valence-corrected chi connectivity index (χ3v) is 3.74. The van der Waals surface area contributed by atoms with Crippen LogP contribution in [0, 0.1) is 0 Å². The van der Waals surface area contributed by atoms with Crippen molar-refractivity contribution in [1.29, 1.82) is 0 Å². The Bertz CT molecular complexity index is 601. The summed E-state index contributed by atoms with van der Waals surface area (Å²) in [6, 6.07) is 7.44. The van der Waals surface area contributed by atoms with Crippen LogP contribution in [0.5, 0.6) is 5.75 Å². The van der Waals surface area contributed by atoms with Crippen LogP contribution in [0.2, 0.25) is 0 Å². The zero-order chi connectivity index (χ0) is 12.3. The number of hydrogen-bond acceptors (Lipinski definition) is 3. The molecule has 0 spiro atoms. The zero-order valence-electron chi connectivity index (χ0n) is 9.64. The molecule has 0 aliphatic rings. The lowest BCUT2D eigenvalue weighted by atomic mass is 10.2. The third kappa shape index (κ3) is 2.79. The molecule has 1 heterocycles. The van der Waals surface area contributed by atoms with Gasteiger partial charge in [-0.15, -0.1) is 0 Å². The minimum Gasteiger partial charge on any atom is -0.380 e. The van der Waals surface area contributed by atoms with Gasteiger partial charge in [0.2, 0.25) is 0 Å². The van der Waals surface area contributed by atoms with E-state index in [0.717, 1.165) is 17.3 Å². The monoisotopic (exact) mass is 253 g/mol. The Balaban J connectivity index is 2.24. The summed E-state index contributed by atoms with van der Waals surface area (Å²) >= 11 is 0. The van der Waals surface area contributed by atoms with Crippen molar-refractivity contribution in [2.45, 2.75) is 19.8 Å². The number of H-pyrrole nitrogens is 1. The molecule has 2 aromatic rings. The molecule has 0 radical (unpaired) electrons. The van der Waals surface area contributed by atoms with Gasteiger partial charge in [0.15, 0.2) is 5.75 Å². The summed E-state index contributed by atoms with van der Waals surface area (Å²) in [6.07, 6.45) is 3.02. The highest BCUT2D eigenvalue weighted by molar-refractivity contribution is 7.87. The van der Waals surface area contributed by atoms with Gasteiger partial charge in [0.25, 0.3) is 0 Å². The number of aromatic nitrogens is 1. The molecule has 1 N–H and O–H groups in total. The van der Waals surface area contributed by atoms with Crippen molar-refractivity contribution in [2.75, 3.05) is 5.75 Å². The average Bonchev–Trinajstić information content (AvgIpc) is 2.70. The molecule has 4 nitrogen and oxygen atoms in total. The molecule has 0 atom stereocenters. The quantitative estimate of drug-likeness (QED) is 0.833. The van der Waals surface area contributed by atoms with E-state index < -0.39 is 10.1 Å². The number of aromatic amines is 1.